The molecule has 0 radical (unpaired) electrons. The van der Waals surface area contributed by atoms with Gasteiger partial charge in [0.15, 0.2) is 0 Å². The topological polar surface area (TPSA) is 57.2 Å². The van der Waals surface area contributed by atoms with Crippen molar-refractivity contribution >= 4 is 17.4 Å². The van der Waals surface area contributed by atoms with Crippen molar-refractivity contribution in [3.8, 4) is 0 Å². The molecule has 2 unspecified atom stereocenters. The van der Waals surface area contributed by atoms with Gasteiger partial charge in [-0.2, -0.15) is 0 Å². The maximum Gasteiger partial charge on any atom is 0.124 e. The lowest BCUT2D eigenvalue weighted by Gasteiger charge is -2.41. The van der Waals surface area contributed by atoms with E-state index in [-0.39, 0.29) is 10.8 Å². The molecule has 3 nitrogen and oxygen atoms in total. The van der Waals surface area contributed by atoms with E-state index in [2.05, 4.69) is 34.6 Å². The van der Waals surface area contributed by atoms with Gasteiger partial charge in [0.2, 0.25) is 0 Å². The van der Waals surface area contributed by atoms with Gasteiger partial charge in [0, 0.05) is 13.2 Å². The first-order chi connectivity index (χ1) is 18.8. The highest BCUT2D eigenvalue weighted by atomic mass is 32.2. The first kappa shape index (κ1) is 36.6. The summed E-state index contributed by atoms with van der Waals surface area (Å²) in [5.74, 6) is 0.174. The van der Waals surface area contributed by atoms with E-state index in [1.165, 1.54) is 108 Å². The molecule has 0 heterocycles. The van der Waals surface area contributed by atoms with Gasteiger partial charge in [-0.3, -0.25) is 0 Å². The molecule has 1 aromatic carbocycles. The average Bonchev–Trinajstić information content (AvgIpc) is 2.93. The first-order valence-corrected chi connectivity index (χ1v) is 20.5. The Morgan fingerprint density at radius 2 is 1.08 bits per heavy atom. The second-order valence-electron chi connectivity index (χ2n) is 12.0. The van der Waals surface area contributed by atoms with E-state index < -0.39 is 17.4 Å². The Bertz CT molecular complexity index is 817. The van der Waals surface area contributed by atoms with Crippen molar-refractivity contribution in [1.29, 1.82) is 0 Å². The Hall–Kier alpha value is -0.440. The summed E-state index contributed by atoms with van der Waals surface area (Å²) in [6, 6.07) is 7.25. The lowest BCUT2D eigenvalue weighted by atomic mass is 9.88. The van der Waals surface area contributed by atoms with Crippen molar-refractivity contribution in [2.24, 2.45) is 0 Å². The Morgan fingerprint density at radius 3 is 1.54 bits per heavy atom. The zero-order chi connectivity index (χ0) is 29.0. The molecule has 0 aliphatic carbocycles. The van der Waals surface area contributed by atoms with Gasteiger partial charge in [0.25, 0.3) is 0 Å². The van der Waals surface area contributed by atoms with Crippen LogP contribution < -0.4 is 0 Å². The van der Waals surface area contributed by atoms with Crippen LogP contribution >= 0.6 is 7.26 Å². The molecule has 0 N–H and O–H groups in total. The van der Waals surface area contributed by atoms with E-state index in [1.54, 1.807) is 12.1 Å². The molecule has 0 saturated carbocycles. The predicted octanol–water partition coefficient (Wildman–Crippen LogP) is 11.2. The number of unbranched alkanes of at least 4 members (excludes halogenated alkanes) is 11. The Labute approximate surface area is 244 Å². The van der Waals surface area contributed by atoms with Crippen LogP contribution in [-0.4, -0.2) is 37.1 Å². The third kappa shape index (κ3) is 13.4. The van der Waals surface area contributed by atoms with Crippen molar-refractivity contribution in [2.75, 3.05) is 18.5 Å². The molecule has 0 aliphatic rings. The second kappa shape index (κ2) is 21.3. The van der Waals surface area contributed by atoms with Crippen molar-refractivity contribution in [2.45, 2.75) is 167 Å². The standard InChI is InChI=1S/C34H63O3PS/c1-6-11-15-16-17-18-19-20-21-25-31(32-26-22-23-27-34(32)39(35,36)37)33(24-10-5)38(28-12-7-2,29-13-8-3)30-14-9-4/h22-23,26-27,31,33H,6-21,24-25,28-30H2,1-5H3. The minimum Gasteiger partial charge on any atom is -0.744 e. The maximum absolute atomic E-state index is 12.5. The fraction of sp³-hybridized carbons (Fsp3) is 0.824. The van der Waals surface area contributed by atoms with E-state index in [0.29, 0.717) is 5.66 Å². The number of hydrogen-bond donors (Lipinski definition) is 0. The van der Waals surface area contributed by atoms with Crippen LogP contribution in [0.25, 0.3) is 0 Å². The SMILES string of the molecule is CCCCCCCCCCCC(c1ccccc1S(=O)(=O)[O-])C(CCC)[P+](CCCC)(CCCC)CCCC. The van der Waals surface area contributed by atoms with Crippen LogP contribution in [-0.2, 0) is 10.1 Å². The van der Waals surface area contributed by atoms with E-state index >= 15 is 0 Å². The molecule has 2 atom stereocenters. The second-order valence-corrected chi connectivity index (χ2v) is 17.8. The molecule has 0 aliphatic heterocycles. The Balaban J connectivity index is 3.38. The van der Waals surface area contributed by atoms with Crippen molar-refractivity contribution in [3.05, 3.63) is 29.8 Å². The summed E-state index contributed by atoms with van der Waals surface area (Å²) >= 11 is 0. The summed E-state index contributed by atoms with van der Waals surface area (Å²) in [6.07, 6.45) is 26.3. The molecule has 0 saturated heterocycles. The maximum atomic E-state index is 12.5. The smallest absolute Gasteiger partial charge is 0.124 e. The zero-order valence-corrected chi connectivity index (χ0v) is 28.1. The van der Waals surface area contributed by atoms with Crippen molar-refractivity contribution < 1.29 is 13.0 Å². The van der Waals surface area contributed by atoms with Gasteiger partial charge in [-0.1, -0.05) is 136 Å². The molecule has 1 rings (SSSR count). The normalized spacial score (nSPS) is 14.0. The molecule has 228 valence electrons. The van der Waals surface area contributed by atoms with Crippen LogP contribution in [0, 0.1) is 0 Å². The number of hydrogen-bond acceptors (Lipinski definition) is 3. The molecule has 0 amide bonds. The van der Waals surface area contributed by atoms with Crippen LogP contribution in [0.2, 0.25) is 0 Å². The van der Waals surface area contributed by atoms with Crippen LogP contribution in [0.15, 0.2) is 29.2 Å². The summed E-state index contributed by atoms with van der Waals surface area (Å²) in [7, 11) is -5.85. The van der Waals surface area contributed by atoms with Gasteiger partial charge in [-0.15, -0.1) is 0 Å². The number of rotatable bonds is 25. The first-order valence-electron chi connectivity index (χ1n) is 16.7. The van der Waals surface area contributed by atoms with Crippen LogP contribution in [0.4, 0.5) is 0 Å². The molecule has 0 bridgehead atoms. The van der Waals surface area contributed by atoms with Gasteiger partial charge in [0.05, 0.1) is 29.0 Å². The fourth-order valence-corrected chi connectivity index (χ4v) is 13.8. The fourth-order valence-electron chi connectivity index (χ4n) is 6.65. The van der Waals surface area contributed by atoms with E-state index in [1.807, 2.05) is 12.1 Å². The van der Waals surface area contributed by atoms with Crippen molar-refractivity contribution in [3.63, 3.8) is 0 Å². The molecule has 1 aromatic rings. The summed E-state index contributed by atoms with van der Waals surface area (Å²) in [5, 5.41) is 0. The predicted molar refractivity (Wildman–Crippen MR) is 174 cm³/mol. The third-order valence-corrected chi connectivity index (χ3v) is 15.4. The molecule has 39 heavy (non-hydrogen) atoms. The monoisotopic (exact) mass is 582 g/mol. The van der Waals surface area contributed by atoms with Crippen molar-refractivity contribution in [1.82, 2.24) is 0 Å². The molecule has 0 fully saturated rings. The summed E-state index contributed by atoms with van der Waals surface area (Å²) in [4.78, 5) is 0.0478. The Kier molecular flexibility index (Phi) is 20.0. The van der Waals surface area contributed by atoms with E-state index in [9.17, 15) is 13.0 Å². The minimum absolute atomic E-state index is 0.0478. The largest absolute Gasteiger partial charge is 0.744 e. The highest BCUT2D eigenvalue weighted by Gasteiger charge is 2.47. The average molecular weight is 583 g/mol. The van der Waals surface area contributed by atoms with Crippen LogP contribution in [0.1, 0.15) is 162 Å². The molecular weight excluding hydrogens is 519 g/mol. The number of benzene rings is 1. The zero-order valence-electron chi connectivity index (χ0n) is 26.4. The Morgan fingerprint density at radius 1 is 0.615 bits per heavy atom. The minimum atomic E-state index is -4.51. The highest BCUT2D eigenvalue weighted by molar-refractivity contribution is 7.85. The van der Waals surface area contributed by atoms with Gasteiger partial charge in [-0.05, 0) is 43.7 Å². The van der Waals surface area contributed by atoms with Gasteiger partial charge >= 0.3 is 0 Å². The molecular formula is C34H63O3PS. The third-order valence-electron chi connectivity index (χ3n) is 8.83. The molecule has 0 aromatic heterocycles. The highest BCUT2D eigenvalue weighted by Crippen LogP contribution is 2.69. The molecule has 5 heteroatoms. The quantitative estimate of drug-likeness (QED) is 0.0654. The van der Waals surface area contributed by atoms with Crippen LogP contribution in [0.3, 0.4) is 0 Å². The van der Waals surface area contributed by atoms with E-state index in [0.717, 1.165) is 31.2 Å². The summed E-state index contributed by atoms with van der Waals surface area (Å²) in [6.45, 7) is 11.5. The lowest BCUT2D eigenvalue weighted by molar-refractivity contribution is 0.455. The van der Waals surface area contributed by atoms with E-state index in [4.69, 9.17) is 0 Å². The summed E-state index contributed by atoms with van der Waals surface area (Å²) < 4.78 is 37.4. The molecule has 0 spiro atoms. The van der Waals surface area contributed by atoms with Crippen LogP contribution in [0.5, 0.6) is 0 Å². The summed E-state index contributed by atoms with van der Waals surface area (Å²) in [5.41, 5.74) is 1.35. The van der Waals surface area contributed by atoms with Gasteiger partial charge in [-0.25, -0.2) is 8.42 Å². The van der Waals surface area contributed by atoms with Gasteiger partial charge in [0.1, 0.15) is 10.1 Å². The lowest BCUT2D eigenvalue weighted by Crippen LogP contribution is -2.29. The van der Waals surface area contributed by atoms with Gasteiger partial charge < -0.3 is 4.55 Å².